The van der Waals surface area contributed by atoms with Gasteiger partial charge in [0.1, 0.15) is 11.6 Å². The molecule has 4 rings (SSSR count). The molecule has 1 fully saturated rings. The van der Waals surface area contributed by atoms with Crippen molar-refractivity contribution in [3.63, 3.8) is 0 Å². The maximum absolute atomic E-state index is 4.69. The van der Waals surface area contributed by atoms with Gasteiger partial charge in [-0.15, -0.1) is 0 Å². The van der Waals surface area contributed by atoms with Crippen LogP contribution in [0.4, 0.5) is 5.82 Å². The molecule has 0 spiro atoms. The molecule has 128 valence electrons. The number of imidazole rings is 1. The molecule has 0 radical (unpaired) electrons. The predicted octanol–water partition coefficient (Wildman–Crippen LogP) is 3.41. The molecule has 1 atom stereocenters. The molecule has 4 heterocycles. The molecule has 0 N–H and O–H groups in total. The van der Waals surface area contributed by atoms with E-state index in [1.54, 1.807) is 0 Å². The average molecular weight is 333 g/mol. The standard InChI is InChI=1S/C20H23N5/c1-16-4-2-8-22-19(16)24-12-3-5-18(15-24)20-23-11-13-25(20)14-17-6-9-21-10-7-17/h2,4,6-11,13,18H,3,5,12,14-15H2,1H3/t18-/m0/s1. The van der Waals surface area contributed by atoms with Crippen molar-refractivity contribution in [1.82, 2.24) is 19.5 Å². The summed E-state index contributed by atoms with van der Waals surface area (Å²) in [6.45, 7) is 5.03. The number of hydrogen-bond donors (Lipinski definition) is 0. The number of pyridine rings is 2. The Morgan fingerprint density at radius 1 is 1.08 bits per heavy atom. The zero-order valence-corrected chi connectivity index (χ0v) is 14.5. The summed E-state index contributed by atoms with van der Waals surface area (Å²) in [5.41, 5.74) is 2.49. The molecule has 0 saturated carbocycles. The third kappa shape index (κ3) is 3.40. The maximum atomic E-state index is 4.69. The van der Waals surface area contributed by atoms with Crippen molar-refractivity contribution in [2.75, 3.05) is 18.0 Å². The van der Waals surface area contributed by atoms with Gasteiger partial charge in [-0.1, -0.05) is 6.07 Å². The lowest BCUT2D eigenvalue weighted by atomic mass is 9.96. The molecule has 3 aromatic heterocycles. The molecule has 3 aromatic rings. The Kier molecular flexibility index (Phi) is 4.46. The lowest BCUT2D eigenvalue weighted by Gasteiger charge is -2.34. The van der Waals surface area contributed by atoms with Gasteiger partial charge < -0.3 is 9.47 Å². The fraction of sp³-hybridized carbons (Fsp3) is 0.350. The van der Waals surface area contributed by atoms with Crippen molar-refractivity contribution in [2.45, 2.75) is 32.2 Å². The average Bonchev–Trinajstić information content (AvgIpc) is 3.11. The molecule has 0 aromatic carbocycles. The van der Waals surface area contributed by atoms with Crippen LogP contribution in [0.3, 0.4) is 0 Å². The Labute approximate surface area is 148 Å². The van der Waals surface area contributed by atoms with Crippen LogP contribution in [0.25, 0.3) is 0 Å². The van der Waals surface area contributed by atoms with Gasteiger partial charge >= 0.3 is 0 Å². The first-order chi connectivity index (χ1) is 12.3. The molecule has 25 heavy (non-hydrogen) atoms. The van der Waals surface area contributed by atoms with E-state index in [-0.39, 0.29) is 0 Å². The lowest BCUT2D eigenvalue weighted by molar-refractivity contribution is 0.473. The van der Waals surface area contributed by atoms with Crippen LogP contribution in [-0.4, -0.2) is 32.6 Å². The van der Waals surface area contributed by atoms with Crippen LogP contribution in [0.2, 0.25) is 0 Å². The van der Waals surface area contributed by atoms with E-state index in [0.29, 0.717) is 5.92 Å². The molecule has 0 aliphatic carbocycles. The monoisotopic (exact) mass is 333 g/mol. The predicted molar refractivity (Wildman–Crippen MR) is 98.7 cm³/mol. The Balaban J connectivity index is 1.54. The van der Waals surface area contributed by atoms with Crippen LogP contribution in [0.5, 0.6) is 0 Å². The molecular weight excluding hydrogens is 310 g/mol. The van der Waals surface area contributed by atoms with Crippen molar-refractivity contribution in [3.8, 4) is 0 Å². The maximum Gasteiger partial charge on any atom is 0.131 e. The van der Waals surface area contributed by atoms with E-state index >= 15 is 0 Å². The first-order valence-corrected chi connectivity index (χ1v) is 8.88. The molecule has 0 bridgehead atoms. The first-order valence-electron chi connectivity index (χ1n) is 8.88. The highest BCUT2D eigenvalue weighted by molar-refractivity contribution is 5.46. The highest BCUT2D eigenvalue weighted by Crippen LogP contribution is 2.29. The number of hydrogen-bond acceptors (Lipinski definition) is 4. The smallest absolute Gasteiger partial charge is 0.131 e. The summed E-state index contributed by atoms with van der Waals surface area (Å²) in [6.07, 6.45) is 11.9. The van der Waals surface area contributed by atoms with Gasteiger partial charge in [0.15, 0.2) is 0 Å². The minimum Gasteiger partial charge on any atom is -0.356 e. The number of rotatable bonds is 4. The minimum absolute atomic E-state index is 0.437. The number of anilines is 1. The Bertz CT molecular complexity index is 827. The zero-order valence-electron chi connectivity index (χ0n) is 14.5. The molecule has 5 nitrogen and oxygen atoms in total. The molecule has 0 amide bonds. The van der Waals surface area contributed by atoms with Crippen LogP contribution in [0, 0.1) is 6.92 Å². The van der Waals surface area contributed by atoms with E-state index in [0.717, 1.165) is 25.5 Å². The molecule has 0 unspecified atom stereocenters. The molecule has 1 saturated heterocycles. The second-order valence-electron chi connectivity index (χ2n) is 6.70. The number of aryl methyl sites for hydroxylation is 1. The van der Waals surface area contributed by atoms with E-state index < -0.39 is 0 Å². The second-order valence-corrected chi connectivity index (χ2v) is 6.70. The van der Waals surface area contributed by atoms with E-state index in [1.807, 2.05) is 30.9 Å². The topological polar surface area (TPSA) is 46.8 Å². The number of piperidine rings is 1. The quantitative estimate of drug-likeness (QED) is 0.734. The van der Waals surface area contributed by atoms with Gasteiger partial charge in [0, 0.05) is 56.5 Å². The van der Waals surface area contributed by atoms with Gasteiger partial charge in [-0.2, -0.15) is 0 Å². The lowest BCUT2D eigenvalue weighted by Crippen LogP contribution is -2.36. The molecule has 1 aliphatic heterocycles. The minimum atomic E-state index is 0.437. The summed E-state index contributed by atoms with van der Waals surface area (Å²) in [4.78, 5) is 15.8. The van der Waals surface area contributed by atoms with Gasteiger partial charge in [0.25, 0.3) is 0 Å². The van der Waals surface area contributed by atoms with Crippen LogP contribution in [-0.2, 0) is 6.54 Å². The SMILES string of the molecule is Cc1cccnc1N1CCC[C@H](c2nccn2Cc2ccncc2)C1. The number of aromatic nitrogens is 4. The van der Waals surface area contributed by atoms with E-state index in [2.05, 4.69) is 55.7 Å². The first kappa shape index (κ1) is 15.8. The van der Waals surface area contributed by atoms with Gasteiger partial charge in [-0.05, 0) is 49.1 Å². The van der Waals surface area contributed by atoms with Gasteiger partial charge in [-0.25, -0.2) is 9.97 Å². The Morgan fingerprint density at radius 2 is 1.96 bits per heavy atom. The number of nitrogens with zero attached hydrogens (tertiary/aromatic N) is 5. The molecule has 1 aliphatic rings. The van der Waals surface area contributed by atoms with E-state index in [4.69, 9.17) is 0 Å². The summed E-state index contributed by atoms with van der Waals surface area (Å²) in [5.74, 6) is 2.72. The zero-order chi connectivity index (χ0) is 17.1. The normalized spacial score (nSPS) is 17.6. The Morgan fingerprint density at radius 3 is 2.80 bits per heavy atom. The molecular formula is C20H23N5. The van der Waals surface area contributed by atoms with Crippen molar-refractivity contribution in [3.05, 3.63) is 72.2 Å². The van der Waals surface area contributed by atoms with Gasteiger partial charge in [0.05, 0.1) is 0 Å². The van der Waals surface area contributed by atoms with Crippen LogP contribution >= 0.6 is 0 Å². The molecule has 5 heteroatoms. The largest absolute Gasteiger partial charge is 0.356 e. The van der Waals surface area contributed by atoms with Crippen LogP contribution < -0.4 is 4.90 Å². The summed E-state index contributed by atoms with van der Waals surface area (Å²) in [7, 11) is 0. The highest BCUT2D eigenvalue weighted by Gasteiger charge is 2.26. The fourth-order valence-electron chi connectivity index (χ4n) is 3.69. The summed E-state index contributed by atoms with van der Waals surface area (Å²) < 4.78 is 2.27. The summed E-state index contributed by atoms with van der Waals surface area (Å²) in [5, 5.41) is 0. The third-order valence-corrected chi connectivity index (χ3v) is 4.92. The Hall–Kier alpha value is -2.69. The van der Waals surface area contributed by atoms with Crippen molar-refractivity contribution < 1.29 is 0 Å². The van der Waals surface area contributed by atoms with Crippen LogP contribution in [0.1, 0.15) is 35.7 Å². The van der Waals surface area contributed by atoms with Crippen molar-refractivity contribution >= 4 is 5.82 Å². The summed E-state index contributed by atoms with van der Waals surface area (Å²) in [6, 6.07) is 8.26. The summed E-state index contributed by atoms with van der Waals surface area (Å²) >= 11 is 0. The van der Waals surface area contributed by atoms with Gasteiger partial charge in [-0.3, -0.25) is 4.98 Å². The van der Waals surface area contributed by atoms with Gasteiger partial charge in [0.2, 0.25) is 0 Å². The van der Waals surface area contributed by atoms with E-state index in [9.17, 15) is 0 Å². The fourth-order valence-corrected chi connectivity index (χ4v) is 3.69. The third-order valence-electron chi connectivity index (χ3n) is 4.92. The second kappa shape index (κ2) is 7.05. The van der Waals surface area contributed by atoms with Crippen molar-refractivity contribution in [1.29, 1.82) is 0 Å². The highest BCUT2D eigenvalue weighted by atomic mass is 15.2. The van der Waals surface area contributed by atoms with Crippen LogP contribution in [0.15, 0.2) is 55.2 Å². The van der Waals surface area contributed by atoms with Crippen molar-refractivity contribution in [2.24, 2.45) is 0 Å². The van der Waals surface area contributed by atoms with E-state index in [1.165, 1.54) is 29.8 Å².